The molecule has 0 radical (unpaired) electrons. The van der Waals surface area contributed by atoms with Gasteiger partial charge in [-0.15, -0.1) is 0 Å². The molecular formula is C61H47N. The summed E-state index contributed by atoms with van der Waals surface area (Å²) < 4.78 is 0. The first kappa shape index (κ1) is 36.6. The second kappa shape index (κ2) is 13.4. The zero-order valence-corrected chi connectivity index (χ0v) is 35.7. The van der Waals surface area contributed by atoms with Crippen molar-refractivity contribution in [1.29, 1.82) is 0 Å². The minimum atomic E-state index is -0.337. The van der Waals surface area contributed by atoms with Crippen LogP contribution in [0.15, 0.2) is 212 Å². The molecule has 3 aliphatic carbocycles. The lowest BCUT2D eigenvalue weighted by Crippen LogP contribution is -2.23. The van der Waals surface area contributed by atoms with Crippen molar-refractivity contribution in [3.63, 3.8) is 0 Å². The van der Waals surface area contributed by atoms with Crippen molar-refractivity contribution in [1.82, 2.24) is 0 Å². The Morgan fingerprint density at radius 3 is 1.18 bits per heavy atom. The molecule has 296 valence electrons. The third-order valence-corrected chi connectivity index (χ3v) is 14.8. The summed E-state index contributed by atoms with van der Waals surface area (Å²) >= 11 is 0. The second-order valence-corrected chi connectivity index (χ2v) is 18.3. The lowest BCUT2D eigenvalue weighted by Gasteiger charge is -2.33. The molecule has 1 nitrogen and oxygen atoms in total. The monoisotopic (exact) mass is 793 g/mol. The average Bonchev–Trinajstić information content (AvgIpc) is 3.85. The molecule has 0 bridgehead atoms. The van der Waals surface area contributed by atoms with Crippen molar-refractivity contribution >= 4 is 17.1 Å². The van der Waals surface area contributed by atoms with Crippen LogP contribution in [0.3, 0.4) is 0 Å². The number of benzene rings is 9. The summed E-state index contributed by atoms with van der Waals surface area (Å²) in [6, 6.07) is 79.6. The van der Waals surface area contributed by atoms with E-state index in [1.165, 1.54) is 89.0 Å². The number of para-hydroxylation sites is 1. The third-order valence-electron chi connectivity index (χ3n) is 14.8. The predicted octanol–water partition coefficient (Wildman–Crippen LogP) is 15.8. The van der Waals surface area contributed by atoms with Crippen LogP contribution >= 0.6 is 0 Å². The number of fused-ring (bicyclic) bond motifs is 9. The van der Waals surface area contributed by atoms with E-state index in [0.717, 1.165) is 17.1 Å². The van der Waals surface area contributed by atoms with Crippen LogP contribution in [0.1, 0.15) is 72.2 Å². The molecule has 0 spiro atoms. The largest absolute Gasteiger partial charge is 0.310 e. The summed E-state index contributed by atoms with van der Waals surface area (Å²) in [5, 5.41) is 0. The number of hydrogen-bond donors (Lipinski definition) is 0. The van der Waals surface area contributed by atoms with Crippen LogP contribution in [0.5, 0.6) is 0 Å². The molecule has 2 atom stereocenters. The summed E-state index contributed by atoms with van der Waals surface area (Å²) in [5.74, 6) is 0. The van der Waals surface area contributed by atoms with Gasteiger partial charge in [0.25, 0.3) is 0 Å². The van der Waals surface area contributed by atoms with Gasteiger partial charge in [0, 0.05) is 33.2 Å². The van der Waals surface area contributed by atoms with Gasteiger partial charge >= 0.3 is 0 Å². The molecule has 0 saturated heterocycles. The SMILES string of the molecule is CC1(C)c2ccccc2-c2cccc(-c3ccccc3N(c3ccc4c(c3)C(C)(c3ccccc3)c3ccccc3-4)c3ccc4c(c3)C(C)(c3ccccc3)c3ccccc3-4)c21. The fraction of sp³-hybridized carbons (Fsp3) is 0.115. The first-order valence-electron chi connectivity index (χ1n) is 22.0. The lowest BCUT2D eigenvalue weighted by molar-refractivity contribution is 0.662. The zero-order valence-electron chi connectivity index (χ0n) is 35.7. The van der Waals surface area contributed by atoms with Crippen LogP contribution in [-0.2, 0) is 16.2 Å². The molecule has 9 aromatic rings. The van der Waals surface area contributed by atoms with Gasteiger partial charge in [0.1, 0.15) is 0 Å². The van der Waals surface area contributed by atoms with Crippen LogP contribution in [0.25, 0.3) is 44.5 Å². The molecule has 0 N–H and O–H groups in total. The molecule has 9 aromatic carbocycles. The fourth-order valence-electron chi connectivity index (χ4n) is 11.8. The predicted molar refractivity (Wildman–Crippen MR) is 259 cm³/mol. The molecule has 0 amide bonds. The number of rotatable bonds is 6. The standard InChI is InChI=1S/C61H47N/c1-59(2)52-30-15-11-26-46(52)50-28-19-29-51(58(50)59)49-27-14-18-33-57(49)62(42-34-36-47-44-24-12-16-31-53(44)60(3,55(47)38-42)40-20-7-5-8-21-40)43-35-37-48-45-25-13-17-32-54(45)61(4,56(48)39-43)41-22-9-6-10-23-41/h5-39H,1-4H3. The first-order valence-corrected chi connectivity index (χ1v) is 22.0. The fourth-order valence-corrected chi connectivity index (χ4v) is 11.8. The lowest BCUT2D eigenvalue weighted by atomic mass is 9.74. The quantitative estimate of drug-likeness (QED) is 0.162. The Bertz CT molecular complexity index is 3100. The summed E-state index contributed by atoms with van der Waals surface area (Å²) in [4.78, 5) is 2.55. The number of hydrogen-bond acceptors (Lipinski definition) is 1. The molecule has 12 rings (SSSR count). The Morgan fingerprint density at radius 2 is 0.661 bits per heavy atom. The zero-order chi connectivity index (χ0) is 41.8. The van der Waals surface area contributed by atoms with Gasteiger partial charge in [0.2, 0.25) is 0 Å². The maximum Gasteiger partial charge on any atom is 0.0540 e. The van der Waals surface area contributed by atoms with E-state index in [1.54, 1.807) is 0 Å². The molecule has 0 aromatic heterocycles. The molecule has 0 fully saturated rings. The Balaban J connectivity index is 1.13. The topological polar surface area (TPSA) is 3.24 Å². The van der Waals surface area contributed by atoms with E-state index in [1.807, 2.05) is 0 Å². The van der Waals surface area contributed by atoms with E-state index in [0.29, 0.717) is 0 Å². The van der Waals surface area contributed by atoms with Crippen molar-refractivity contribution < 1.29 is 0 Å². The average molecular weight is 794 g/mol. The number of anilines is 3. The first-order chi connectivity index (χ1) is 30.3. The normalized spacial score (nSPS) is 18.3. The second-order valence-electron chi connectivity index (χ2n) is 18.3. The van der Waals surface area contributed by atoms with Crippen molar-refractivity contribution in [2.45, 2.75) is 43.9 Å². The van der Waals surface area contributed by atoms with E-state index >= 15 is 0 Å². The van der Waals surface area contributed by atoms with Crippen LogP contribution in [-0.4, -0.2) is 0 Å². The Morgan fingerprint density at radius 1 is 0.290 bits per heavy atom. The highest BCUT2D eigenvalue weighted by Crippen LogP contribution is 2.58. The van der Waals surface area contributed by atoms with Crippen LogP contribution < -0.4 is 4.90 Å². The van der Waals surface area contributed by atoms with E-state index < -0.39 is 0 Å². The maximum atomic E-state index is 2.55. The molecule has 0 aliphatic heterocycles. The van der Waals surface area contributed by atoms with Crippen molar-refractivity contribution in [3.05, 3.63) is 257 Å². The highest BCUT2D eigenvalue weighted by molar-refractivity contribution is 5.96. The highest BCUT2D eigenvalue weighted by atomic mass is 15.1. The van der Waals surface area contributed by atoms with Gasteiger partial charge in [0.05, 0.1) is 5.69 Å². The smallest absolute Gasteiger partial charge is 0.0540 e. The molecular weight excluding hydrogens is 747 g/mol. The van der Waals surface area contributed by atoms with E-state index in [9.17, 15) is 0 Å². The molecule has 1 heteroatoms. The van der Waals surface area contributed by atoms with Crippen LogP contribution in [0.2, 0.25) is 0 Å². The van der Waals surface area contributed by atoms with Crippen molar-refractivity contribution in [2.75, 3.05) is 4.90 Å². The van der Waals surface area contributed by atoms with Crippen LogP contribution in [0, 0.1) is 0 Å². The molecule has 3 aliphatic rings. The van der Waals surface area contributed by atoms with E-state index in [-0.39, 0.29) is 16.2 Å². The summed E-state index contributed by atoms with van der Waals surface area (Å²) in [5.41, 5.74) is 23.6. The Labute approximate surface area is 365 Å². The van der Waals surface area contributed by atoms with Gasteiger partial charge in [-0.1, -0.05) is 196 Å². The van der Waals surface area contributed by atoms with Crippen molar-refractivity contribution in [3.8, 4) is 44.5 Å². The molecule has 0 saturated carbocycles. The van der Waals surface area contributed by atoms with E-state index in [2.05, 4.69) is 245 Å². The van der Waals surface area contributed by atoms with Gasteiger partial charge in [-0.2, -0.15) is 0 Å². The Kier molecular flexibility index (Phi) is 7.91. The van der Waals surface area contributed by atoms with Gasteiger partial charge in [-0.3, -0.25) is 0 Å². The van der Waals surface area contributed by atoms with Gasteiger partial charge < -0.3 is 4.90 Å². The molecule has 2 unspecified atom stereocenters. The summed E-state index contributed by atoms with van der Waals surface area (Å²) in [7, 11) is 0. The highest BCUT2D eigenvalue weighted by Gasteiger charge is 2.43. The summed E-state index contributed by atoms with van der Waals surface area (Å²) in [6.07, 6.45) is 0. The third kappa shape index (κ3) is 4.97. The maximum absolute atomic E-state index is 2.55. The van der Waals surface area contributed by atoms with Crippen LogP contribution in [0.4, 0.5) is 17.1 Å². The minimum Gasteiger partial charge on any atom is -0.310 e. The number of nitrogens with zero attached hydrogens (tertiary/aromatic N) is 1. The van der Waals surface area contributed by atoms with Gasteiger partial charge in [-0.25, -0.2) is 0 Å². The molecule has 0 heterocycles. The minimum absolute atomic E-state index is 0.172. The molecule has 62 heavy (non-hydrogen) atoms. The van der Waals surface area contributed by atoms with Gasteiger partial charge in [-0.05, 0) is 128 Å². The summed E-state index contributed by atoms with van der Waals surface area (Å²) in [6.45, 7) is 9.62. The van der Waals surface area contributed by atoms with E-state index in [4.69, 9.17) is 0 Å². The Hall–Kier alpha value is -7.22. The van der Waals surface area contributed by atoms with Gasteiger partial charge in [0.15, 0.2) is 0 Å². The van der Waals surface area contributed by atoms with Crippen molar-refractivity contribution in [2.24, 2.45) is 0 Å².